The van der Waals surface area contributed by atoms with E-state index in [2.05, 4.69) is 9.97 Å². The molecule has 0 saturated heterocycles. The van der Waals surface area contributed by atoms with Gasteiger partial charge in [-0.15, -0.1) is 11.8 Å². The molecule has 20 heavy (non-hydrogen) atoms. The third-order valence-electron chi connectivity index (χ3n) is 2.79. The van der Waals surface area contributed by atoms with E-state index in [1.54, 1.807) is 12.1 Å². The van der Waals surface area contributed by atoms with Gasteiger partial charge in [-0.2, -0.15) is 0 Å². The number of hydrogen-bond donors (Lipinski definition) is 2. The SMILES string of the molecule is CCCc1c(N)nc(CSc2ccc(F)cc2)[nH]c1=O. The number of aromatic amines is 1. The van der Waals surface area contributed by atoms with E-state index in [1.807, 2.05) is 6.92 Å². The Bertz CT molecular complexity index is 640. The van der Waals surface area contributed by atoms with Crippen LogP contribution in [0.1, 0.15) is 24.7 Å². The minimum absolute atomic E-state index is 0.172. The summed E-state index contributed by atoms with van der Waals surface area (Å²) in [5.41, 5.74) is 6.18. The number of nitrogens with one attached hydrogen (secondary N) is 1. The normalized spacial score (nSPS) is 10.7. The Morgan fingerprint density at radius 2 is 2.05 bits per heavy atom. The van der Waals surface area contributed by atoms with Crippen molar-refractivity contribution in [1.29, 1.82) is 0 Å². The zero-order valence-corrected chi connectivity index (χ0v) is 12.0. The lowest BCUT2D eigenvalue weighted by atomic mass is 10.2. The first kappa shape index (κ1) is 14.6. The molecule has 2 aromatic rings. The van der Waals surface area contributed by atoms with Crippen molar-refractivity contribution in [3.8, 4) is 0 Å². The molecule has 6 heteroatoms. The van der Waals surface area contributed by atoms with Gasteiger partial charge in [0.15, 0.2) is 0 Å². The predicted octanol–water partition coefficient (Wildman–Crippen LogP) is 2.74. The van der Waals surface area contributed by atoms with E-state index in [0.29, 0.717) is 29.4 Å². The van der Waals surface area contributed by atoms with Crippen LogP contribution in [0.15, 0.2) is 34.0 Å². The average Bonchev–Trinajstić information content (AvgIpc) is 2.42. The largest absolute Gasteiger partial charge is 0.383 e. The Labute approximate surface area is 120 Å². The van der Waals surface area contributed by atoms with Crippen molar-refractivity contribution in [2.45, 2.75) is 30.4 Å². The first-order valence-electron chi connectivity index (χ1n) is 6.36. The Morgan fingerprint density at radius 1 is 1.35 bits per heavy atom. The second kappa shape index (κ2) is 6.56. The number of thioether (sulfide) groups is 1. The monoisotopic (exact) mass is 293 g/mol. The van der Waals surface area contributed by atoms with Gasteiger partial charge in [-0.3, -0.25) is 4.79 Å². The summed E-state index contributed by atoms with van der Waals surface area (Å²) in [5, 5.41) is 0. The topological polar surface area (TPSA) is 71.8 Å². The Morgan fingerprint density at radius 3 is 2.65 bits per heavy atom. The summed E-state index contributed by atoms with van der Waals surface area (Å²) in [5.74, 6) is 1.04. The molecule has 0 fully saturated rings. The third kappa shape index (κ3) is 3.60. The number of halogens is 1. The van der Waals surface area contributed by atoms with Crippen molar-refractivity contribution in [1.82, 2.24) is 9.97 Å². The zero-order chi connectivity index (χ0) is 14.5. The summed E-state index contributed by atoms with van der Waals surface area (Å²) in [6.07, 6.45) is 1.47. The molecule has 0 spiro atoms. The summed E-state index contributed by atoms with van der Waals surface area (Å²) >= 11 is 1.46. The number of nitrogen functional groups attached to an aromatic ring is 1. The van der Waals surface area contributed by atoms with Crippen LogP contribution in [0.2, 0.25) is 0 Å². The number of H-pyrrole nitrogens is 1. The third-order valence-corrected chi connectivity index (χ3v) is 3.81. The van der Waals surface area contributed by atoms with Gasteiger partial charge in [-0.05, 0) is 30.7 Å². The van der Waals surface area contributed by atoms with Gasteiger partial charge in [0.05, 0.1) is 11.3 Å². The fraction of sp³-hybridized carbons (Fsp3) is 0.286. The molecule has 0 bridgehead atoms. The molecule has 0 radical (unpaired) electrons. The van der Waals surface area contributed by atoms with Crippen molar-refractivity contribution in [3.63, 3.8) is 0 Å². The molecule has 0 aliphatic carbocycles. The first-order chi connectivity index (χ1) is 9.60. The molecule has 106 valence electrons. The van der Waals surface area contributed by atoms with E-state index in [-0.39, 0.29) is 11.4 Å². The van der Waals surface area contributed by atoms with Gasteiger partial charge in [-0.1, -0.05) is 13.3 Å². The van der Waals surface area contributed by atoms with Gasteiger partial charge in [0.25, 0.3) is 5.56 Å². The fourth-order valence-electron chi connectivity index (χ4n) is 1.81. The van der Waals surface area contributed by atoms with Gasteiger partial charge >= 0.3 is 0 Å². The van der Waals surface area contributed by atoms with Crippen LogP contribution in [0.25, 0.3) is 0 Å². The molecule has 0 aliphatic rings. The van der Waals surface area contributed by atoms with E-state index < -0.39 is 0 Å². The van der Waals surface area contributed by atoms with Crippen LogP contribution in [-0.2, 0) is 12.2 Å². The van der Waals surface area contributed by atoms with E-state index in [4.69, 9.17) is 5.73 Å². The van der Waals surface area contributed by atoms with Crippen LogP contribution in [-0.4, -0.2) is 9.97 Å². The smallest absolute Gasteiger partial charge is 0.256 e. The van der Waals surface area contributed by atoms with Crippen molar-refractivity contribution in [2.24, 2.45) is 0 Å². The molecular formula is C14H16FN3OS. The fourth-order valence-corrected chi connectivity index (χ4v) is 2.57. The van der Waals surface area contributed by atoms with Crippen molar-refractivity contribution in [2.75, 3.05) is 5.73 Å². The zero-order valence-electron chi connectivity index (χ0n) is 11.1. The lowest BCUT2D eigenvalue weighted by molar-refractivity contribution is 0.626. The number of benzene rings is 1. The highest BCUT2D eigenvalue weighted by Gasteiger charge is 2.08. The number of anilines is 1. The summed E-state index contributed by atoms with van der Waals surface area (Å²) in [4.78, 5) is 19.7. The van der Waals surface area contributed by atoms with Crippen molar-refractivity contribution >= 4 is 17.6 Å². The number of aromatic nitrogens is 2. The number of nitrogens with zero attached hydrogens (tertiary/aromatic N) is 1. The molecule has 1 aromatic carbocycles. The van der Waals surface area contributed by atoms with E-state index >= 15 is 0 Å². The van der Waals surface area contributed by atoms with Gasteiger partial charge in [0, 0.05) is 4.90 Å². The summed E-state index contributed by atoms with van der Waals surface area (Å²) in [7, 11) is 0. The molecule has 0 aliphatic heterocycles. The molecule has 3 N–H and O–H groups in total. The maximum absolute atomic E-state index is 12.8. The Balaban J connectivity index is 2.10. The molecule has 2 rings (SSSR count). The average molecular weight is 293 g/mol. The summed E-state index contributed by atoms with van der Waals surface area (Å²) in [6, 6.07) is 6.17. The quantitative estimate of drug-likeness (QED) is 0.831. The van der Waals surface area contributed by atoms with Crippen molar-refractivity contribution in [3.05, 3.63) is 51.8 Å². The molecule has 0 amide bonds. The van der Waals surface area contributed by atoms with E-state index in [9.17, 15) is 9.18 Å². The van der Waals surface area contributed by atoms with Crippen LogP contribution >= 0.6 is 11.8 Å². The van der Waals surface area contributed by atoms with Crippen LogP contribution < -0.4 is 11.3 Å². The molecule has 0 saturated carbocycles. The van der Waals surface area contributed by atoms with E-state index in [1.165, 1.54) is 23.9 Å². The molecule has 0 atom stereocenters. The van der Waals surface area contributed by atoms with Crippen molar-refractivity contribution < 1.29 is 4.39 Å². The minimum Gasteiger partial charge on any atom is -0.383 e. The van der Waals surface area contributed by atoms with Gasteiger partial charge in [0.2, 0.25) is 0 Å². The Hall–Kier alpha value is -1.82. The molecular weight excluding hydrogens is 277 g/mol. The van der Waals surface area contributed by atoms with Crippen LogP contribution in [0, 0.1) is 5.82 Å². The van der Waals surface area contributed by atoms with Gasteiger partial charge in [0.1, 0.15) is 17.5 Å². The second-order valence-electron chi connectivity index (χ2n) is 4.37. The predicted molar refractivity (Wildman–Crippen MR) is 79.2 cm³/mol. The lowest BCUT2D eigenvalue weighted by Gasteiger charge is -2.06. The van der Waals surface area contributed by atoms with Gasteiger partial charge in [-0.25, -0.2) is 9.37 Å². The lowest BCUT2D eigenvalue weighted by Crippen LogP contribution is -2.19. The molecule has 0 unspecified atom stereocenters. The number of rotatable bonds is 5. The highest BCUT2D eigenvalue weighted by Crippen LogP contribution is 2.21. The summed E-state index contributed by atoms with van der Waals surface area (Å²) < 4.78 is 12.8. The molecule has 1 aromatic heterocycles. The van der Waals surface area contributed by atoms with Gasteiger partial charge < -0.3 is 10.7 Å². The standard InChI is InChI=1S/C14H16FN3OS/c1-2-3-11-13(16)17-12(18-14(11)19)8-20-10-6-4-9(15)5-7-10/h4-7H,2-3,8H2,1H3,(H3,16,17,18,19). The molecule has 4 nitrogen and oxygen atoms in total. The summed E-state index contributed by atoms with van der Waals surface area (Å²) in [6.45, 7) is 1.98. The number of hydrogen-bond acceptors (Lipinski definition) is 4. The second-order valence-corrected chi connectivity index (χ2v) is 5.42. The maximum Gasteiger partial charge on any atom is 0.256 e. The Kier molecular flexibility index (Phi) is 4.79. The minimum atomic E-state index is -0.269. The maximum atomic E-state index is 12.8. The van der Waals surface area contributed by atoms with Crippen LogP contribution in [0.3, 0.4) is 0 Å². The number of nitrogens with two attached hydrogens (primary N) is 1. The highest BCUT2D eigenvalue weighted by atomic mass is 32.2. The molecule has 1 heterocycles. The first-order valence-corrected chi connectivity index (χ1v) is 7.34. The van der Waals surface area contributed by atoms with Crippen LogP contribution in [0.4, 0.5) is 10.2 Å². The van der Waals surface area contributed by atoms with Crippen LogP contribution in [0.5, 0.6) is 0 Å². The highest BCUT2D eigenvalue weighted by molar-refractivity contribution is 7.98. The van der Waals surface area contributed by atoms with E-state index in [0.717, 1.165) is 11.3 Å².